The number of primary amides is 1. The number of carbonyl (C=O) groups excluding carboxylic acids is 1. The number of rotatable bonds is 3. The fourth-order valence-electron chi connectivity index (χ4n) is 4.22. The zero-order valence-electron chi connectivity index (χ0n) is 14.0. The normalized spacial score (nSPS) is 33.0. The summed E-state index contributed by atoms with van der Waals surface area (Å²) in [6.07, 6.45) is 1.18. The molecule has 0 aromatic rings. The topological polar surface area (TPSA) is 111 Å². The molecule has 0 heterocycles. The molecule has 1 amide bonds. The van der Waals surface area contributed by atoms with Crippen molar-refractivity contribution in [2.45, 2.75) is 66.4 Å². The van der Waals surface area contributed by atoms with Crippen molar-refractivity contribution >= 4 is 11.9 Å². The number of carbonyl (C=O) groups is 1. The lowest BCUT2D eigenvalue weighted by Crippen LogP contribution is -2.55. The van der Waals surface area contributed by atoms with Crippen LogP contribution in [0.2, 0.25) is 0 Å². The first-order valence-electron chi connectivity index (χ1n) is 7.28. The van der Waals surface area contributed by atoms with Crippen LogP contribution in [-0.2, 0) is 4.74 Å². The molecular weight excluding hydrogens is 270 g/mol. The Morgan fingerprint density at radius 1 is 1.24 bits per heavy atom. The quantitative estimate of drug-likeness (QED) is 0.322. The minimum atomic E-state index is -0.765. The summed E-state index contributed by atoms with van der Waals surface area (Å²) in [6.45, 7) is 12.5. The van der Waals surface area contributed by atoms with Crippen LogP contribution in [0.4, 0.5) is 4.79 Å². The first-order chi connectivity index (χ1) is 9.33. The highest BCUT2D eigenvalue weighted by molar-refractivity contribution is 5.80. The van der Waals surface area contributed by atoms with Crippen molar-refractivity contribution in [1.29, 1.82) is 0 Å². The van der Waals surface area contributed by atoms with Gasteiger partial charge in [0.25, 0.3) is 0 Å². The van der Waals surface area contributed by atoms with Gasteiger partial charge in [-0.2, -0.15) is 0 Å². The van der Waals surface area contributed by atoms with Gasteiger partial charge in [0, 0.05) is 11.8 Å². The Hall–Kier alpha value is -1.46. The van der Waals surface area contributed by atoms with E-state index in [9.17, 15) is 4.79 Å². The smallest absolute Gasteiger partial charge is 0.405 e. The Labute approximate surface area is 126 Å². The Kier molecular flexibility index (Phi) is 4.25. The lowest BCUT2D eigenvalue weighted by Gasteiger charge is -2.54. The molecule has 0 aromatic carbocycles. The average Bonchev–Trinajstić information content (AvgIpc) is 2.48. The monoisotopic (exact) mass is 299 g/mol. The van der Waals surface area contributed by atoms with Gasteiger partial charge < -0.3 is 21.4 Å². The molecule has 0 unspecified atom stereocenters. The molecule has 0 saturated heterocycles. The predicted octanol–water partition coefficient (Wildman–Crippen LogP) is 2.83. The van der Waals surface area contributed by atoms with E-state index in [-0.39, 0.29) is 22.1 Å². The van der Waals surface area contributed by atoms with Crippen LogP contribution < -0.4 is 11.5 Å². The molecule has 2 atom stereocenters. The van der Waals surface area contributed by atoms with Crippen LogP contribution >= 0.6 is 0 Å². The van der Waals surface area contributed by atoms with Gasteiger partial charge in [0.15, 0.2) is 0 Å². The molecule has 1 aliphatic rings. The molecule has 1 aliphatic carbocycles. The van der Waals surface area contributed by atoms with E-state index >= 15 is 0 Å². The minimum absolute atomic E-state index is 0.120. The van der Waals surface area contributed by atoms with E-state index in [2.05, 4.69) is 39.8 Å². The maximum absolute atomic E-state index is 11.3. The molecule has 21 heavy (non-hydrogen) atoms. The number of amidine groups is 1. The maximum atomic E-state index is 11.3. The Morgan fingerprint density at radius 2 is 1.76 bits per heavy atom. The lowest BCUT2D eigenvalue weighted by molar-refractivity contribution is -0.112. The van der Waals surface area contributed by atoms with Gasteiger partial charge in [-0.05, 0) is 30.6 Å². The molecule has 0 radical (unpaired) electrons. The van der Waals surface area contributed by atoms with Crippen molar-refractivity contribution in [1.82, 2.24) is 0 Å². The number of amides is 1. The van der Waals surface area contributed by atoms with Gasteiger partial charge >= 0.3 is 6.09 Å². The number of ether oxygens (including phenoxy) is 1. The van der Waals surface area contributed by atoms with E-state index in [1.54, 1.807) is 0 Å². The second-order valence-corrected chi connectivity index (χ2v) is 7.88. The third-order valence-electron chi connectivity index (χ3n) is 5.92. The zero-order chi connectivity index (χ0) is 16.7. The number of hydrogen-bond acceptors (Lipinski definition) is 4. The highest BCUT2D eigenvalue weighted by Crippen LogP contribution is 2.67. The Bertz CT molecular complexity index is 454. The van der Waals surface area contributed by atoms with Crippen molar-refractivity contribution in [3.05, 3.63) is 0 Å². The molecular formula is C15H29N3O3. The summed E-state index contributed by atoms with van der Waals surface area (Å²) < 4.78 is 5.48. The van der Waals surface area contributed by atoms with Crippen molar-refractivity contribution in [3.63, 3.8) is 0 Å². The van der Waals surface area contributed by atoms with E-state index < -0.39 is 11.7 Å². The summed E-state index contributed by atoms with van der Waals surface area (Å²) in [7, 11) is 0. The summed E-state index contributed by atoms with van der Waals surface area (Å²) in [5.41, 5.74) is 9.60. The van der Waals surface area contributed by atoms with Gasteiger partial charge in [-0.15, -0.1) is 0 Å². The highest BCUT2D eigenvalue weighted by Gasteiger charge is 2.66. The maximum Gasteiger partial charge on any atom is 0.405 e. The average molecular weight is 299 g/mol. The van der Waals surface area contributed by atoms with Crippen LogP contribution in [0.15, 0.2) is 5.16 Å². The molecule has 122 valence electrons. The summed E-state index contributed by atoms with van der Waals surface area (Å²) in [4.78, 5) is 11.3. The van der Waals surface area contributed by atoms with Gasteiger partial charge in [0.1, 0.15) is 11.4 Å². The largest absolute Gasteiger partial charge is 0.443 e. The second kappa shape index (κ2) is 5.07. The van der Waals surface area contributed by atoms with Gasteiger partial charge in [-0.1, -0.05) is 39.8 Å². The van der Waals surface area contributed by atoms with E-state index in [4.69, 9.17) is 21.4 Å². The fraction of sp³-hybridized carbons (Fsp3) is 0.867. The van der Waals surface area contributed by atoms with Crippen molar-refractivity contribution in [2.75, 3.05) is 0 Å². The number of nitrogens with zero attached hydrogens (tertiary/aromatic N) is 1. The molecule has 1 rings (SSSR count). The van der Waals surface area contributed by atoms with Crippen LogP contribution in [0.5, 0.6) is 0 Å². The van der Waals surface area contributed by atoms with E-state index in [1.807, 2.05) is 6.92 Å². The lowest BCUT2D eigenvalue weighted by atomic mass is 9.51. The molecule has 1 fully saturated rings. The fourth-order valence-corrected chi connectivity index (χ4v) is 4.22. The molecule has 0 spiro atoms. The van der Waals surface area contributed by atoms with E-state index in [0.29, 0.717) is 12.8 Å². The van der Waals surface area contributed by atoms with Gasteiger partial charge in [-0.3, -0.25) is 0 Å². The predicted molar refractivity (Wildman–Crippen MR) is 82.0 cm³/mol. The van der Waals surface area contributed by atoms with Gasteiger partial charge in [0.05, 0.1) is 0 Å². The molecule has 0 aromatic heterocycles. The first kappa shape index (κ1) is 17.6. The molecule has 1 saturated carbocycles. The Morgan fingerprint density at radius 3 is 2.14 bits per heavy atom. The van der Waals surface area contributed by atoms with Crippen LogP contribution in [-0.4, -0.2) is 22.7 Å². The van der Waals surface area contributed by atoms with E-state index in [0.717, 1.165) is 6.42 Å². The molecule has 5 N–H and O–H groups in total. The van der Waals surface area contributed by atoms with Crippen molar-refractivity contribution in [2.24, 2.45) is 32.9 Å². The second-order valence-electron chi connectivity index (χ2n) is 7.88. The van der Waals surface area contributed by atoms with Crippen LogP contribution in [0, 0.1) is 16.2 Å². The molecule has 0 bridgehead atoms. The minimum Gasteiger partial charge on any atom is -0.443 e. The summed E-state index contributed by atoms with van der Waals surface area (Å²) in [5, 5.41) is 12.1. The van der Waals surface area contributed by atoms with Gasteiger partial charge in [-0.25, -0.2) is 4.79 Å². The van der Waals surface area contributed by atoms with Crippen molar-refractivity contribution < 1.29 is 14.7 Å². The van der Waals surface area contributed by atoms with Crippen LogP contribution in [0.25, 0.3) is 0 Å². The molecule has 6 nitrogen and oxygen atoms in total. The molecule has 6 heteroatoms. The number of hydrogen-bond donors (Lipinski definition) is 3. The zero-order valence-corrected chi connectivity index (χ0v) is 14.0. The summed E-state index contributed by atoms with van der Waals surface area (Å²) >= 11 is 0. The number of oxime groups is 1. The first-order valence-corrected chi connectivity index (χ1v) is 7.28. The summed E-state index contributed by atoms with van der Waals surface area (Å²) in [5.74, 6) is 0.196. The SMILES string of the molecule is CC(C)(C)[C@@]1(C/C(N)=N/O)CC[C@](C)(OC(N)=O)C1(C)C. The van der Waals surface area contributed by atoms with Crippen LogP contribution in [0.1, 0.15) is 60.8 Å². The highest BCUT2D eigenvalue weighted by atomic mass is 16.6. The standard InChI is InChI=1S/C15H29N3O3/c1-12(2,3)15(9-10(16)18-20)8-7-14(6,13(15,4)5)21-11(17)19/h20H,7-9H2,1-6H3,(H2,16,18)(H2,17,19)/t14-,15-/m0/s1. The third-order valence-corrected chi connectivity index (χ3v) is 5.92. The van der Waals surface area contributed by atoms with Crippen LogP contribution in [0.3, 0.4) is 0 Å². The molecule has 0 aliphatic heterocycles. The van der Waals surface area contributed by atoms with Crippen molar-refractivity contribution in [3.8, 4) is 0 Å². The summed E-state index contributed by atoms with van der Waals surface area (Å²) in [6, 6.07) is 0. The Balaban J connectivity index is 3.38. The van der Waals surface area contributed by atoms with Gasteiger partial charge in [0.2, 0.25) is 0 Å². The number of nitrogens with two attached hydrogens (primary N) is 2. The third kappa shape index (κ3) is 2.56. The van der Waals surface area contributed by atoms with E-state index in [1.165, 1.54) is 0 Å².